The maximum atomic E-state index is 11.8. The van der Waals surface area contributed by atoms with Crippen LogP contribution in [0.2, 0.25) is 5.02 Å². The monoisotopic (exact) mass is 393 g/mol. The molecule has 0 heterocycles. The molecule has 0 spiro atoms. The summed E-state index contributed by atoms with van der Waals surface area (Å²) in [6, 6.07) is 12.1. The fourth-order valence-corrected chi connectivity index (χ4v) is 2.74. The van der Waals surface area contributed by atoms with Gasteiger partial charge >= 0.3 is 0 Å². The maximum Gasteiger partial charge on any atom is 0.269 e. The minimum atomic E-state index is -3.50. The van der Waals surface area contributed by atoms with Crippen molar-refractivity contribution in [1.82, 2.24) is 15.6 Å². The standard InChI is InChI=1S/C17H16ClN3O4S/c1-19-26(24,25)15-9-2-12(3-10-15)4-11-16(22)20-21-17(23)13-5-7-14(18)8-6-13/h2-11,19H,1H3,(H,20,22)(H,21,23)/b11-4+. The van der Waals surface area contributed by atoms with Gasteiger partial charge < -0.3 is 0 Å². The molecular formula is C17H16ClN3O4S. The Morgan fingerprint density at radius 3 is 2.15 bits per heavy atom. The van der Waals surface area contributed by atoms with Crippen LogP contribution in [-0.2, 0) is 14.8 Å². The quantitative estimate of drug-likeness (QED) is 0.531. The highest BCUT2D eigenvalue weighted by atomic mass is 35.5. The summed E-state index contributed by atoms with van der Waals surface area (Å²) in [7, 11) is -2.18. The lowest BCUT2D eigenvalue weighted by molar-refractivity contribution is -0.117. The molecule has 2 aromatic rings. The summed E-state index contributed by atoms with van der Waals surface area (Å²) in [5.74, 6) is -1.02. The summed E-state index contributed by atoms with van der Waals surface area (Å²) in [6.45, 7) is 0. The molecule has 2 amide bonds. The Morgan fingerprint density at radius 2 is 1.58 bits per heavy atom. The number of benzene rings is 2. The van der Waals surface area contributed by atoms with Gasteiger partial charge in [-0.05, 0) is 55.1 Å². The Kier molecular flexibility index (Phi) is 6.51. The Balaban J connectivity index is 1.91. The molecule has 0 aliphatic rings. The molecule has 136 valence electrons. The van der Waals surface area contributed by atoms with E-state index in [9.17, 15) is 18.0 Å². The van der Waals surface area contributed by atoms with E-state index in [1.165, 1.54) is 43.5 Å². The van der Waals surface area contributed by atoms with E-state index in [2.05, 4.69) is 15.6 Å². The molecule has 0 aromatic heterocycles. The van der Waals surface area contributed by atoms with Gasteiger partial charge in [-0.1, -0.05) is 23.7 Å². The summed E-state index contributed by atoms with van der Waals surface area (Å²) >= 11 is 5.74. The third-order valence-electron chi connectivity index (χ3n) is 3.29. The first-order valence-electron chi connectivity index (χ1n) is 7.39. The van der Waals surface area contributed by atoms with Crippen molar-refractivity contribution in [3.05, 3.63) is 70.8 Å². The van der Waals surface area contributed by atoms with Crippen molar-refractivity contribution in [2.45, 2.75) is 4.90 Å². The largest absolute Gasteiger partial charge is 0.269 e. The summed E-state index contributed by atoms with van der Waals surface area (Å²) in [5.41, 5.74) is 5.49. The molecule has 0 aliphatic heterocycles. The second kappa shape index (κ2) is 8.61. The molecule has 0 bridgehead atoms. The Morgan fingerprint density at radius 1 is 0.962 bits per heavy atom. The van der Waals surface area contributed by atoms with Gasteiger partial charge in [0, 0.05) is 16.7 Å². The van der Waals surface area contributed by atoms with Crippen LogP contribution in [0.5, 0.6) is 0 Å². The minimum absolute atomic E-state index is 0.122. The van der Waals surface area contributed by atoms with Crippen LogP contribution in [0.4, 0.5) is 0 Å². The molecule has 7 nitrogen and oxygen atoms in total. The van der Waals surface area contributed by atoms with Gasteiger partial charge in [0.15, 0.2) is 0 Å². The molecule has 0 radical (unpaired) electrons. The number of carbonyl (C=O) groups excluding carboxylic acids is 2. The average Bonchev–Trinajstić information content (AvgIpc) is 2.65. The topological polar surface area (TPSA) is 104 Å². The van der Waals surface area contributed by atoms with Gasteiger partial charge in [-0.3, -0.25) is 20.4 Å². The van der Waals surface area contributed by atoms with Crippen molar-refractivity contribution in [2.75, 3.05) is 7.05 Å². The molecule has 0 fully saturated rings. The lowest BCUT2D eigenvalue weighted by Gasteiger charge is -2.05. The van der Waals surface area contributed by atoms with Crippen LogP contribution < -0.4 is 15.6 Å². The van der Waals surface area contributed by atoms with E-state index in [0.717, 1.165) is 0 Å². The fraction of sp³-hybridized carbons (Fsp3) is 0.0588. The predicted octanol–water partition coefficient (Wildman–Crippen LogP) is 1.72. The summed E-state index contributed by atoms with van der Waals surface area (Å²) < 4.78 is 25.5. The smallest absolute Gasteiger partial charge is 0.268 e. The number of hydrogen-bond acceptors (Lipinski definition) is 4. The normalized spacial score (nSPS) is 11.3. The third-order valence-corrected chi connectivity index (χ3v) is 4.97. The lowest BCUT2D eigenvalue weighted by Crippen LogP contribution is -2.40. The van der Waals surface area contributed by atoms with E-state index in [1.54, 1.807) is 24.3 Å². The fourth-order valence-electron chi connectivity index (χ4n) is 1.88. The molecule has 2 aromatic carbocycles. The van der Waals surface area contributed by atoms with Crippen LogP contribution in [0.25, 0.3) is 6.08 Å². The van der Waals surface area contributed by atoms with Gasteiger partial charge in [-0.25, -0.2) is 13.1 Å². The van der Waals surface area contributed by atoms with Crippen LogP contribution in [-0.4, -0.2) is 27.3 Å². The highest BCUT2D eigenvalue weighted by Gasteiger charge is 2.10. The van der Waals surface area contributed by atoms with Gasteiger partial charge in [0.05, 0.1) is 4.90 Å². The van der Waals surface area contributed by atoms with Gasteiger partial charge in [0.25, 0.3) is 11.8 Å². The number of hydrazine groups is 1. The van der Waals surface area contributed by atoms with Crippen molar-refractivity contribution in [1.29, 1.82) is 0 Å². The van der Waals surface area contributed by atoms with Crippen LogP contribution in [0.15, 0.2) is 59.5 Å². The molecule has 0 saturated carbocycles. The zero-order valence-electron chi connectivity index (χ0n) is 13.7. The Hall–Kier alpha value is -2.68. The predicted molar refractivity (Wildman–Crippen MR) is 98.8 cm³/mol. The van der Waals surface area contributed by atoms with E-state index < -0.39 is 21.8 Å². The molecule has 0 aliphatic carbocycles. The number of hydrogen-bond donors (Lipinski definition) is 3. The second-order valence-corrected chi connectivity index (χ2v) is 7.38. The highest BCUT2D eigenvalue weighted by Crippen LogP contribution is 2.11. The number of nitrogens with one attached hydrogen (secondary N) is 3. The maximum absolute atomic E-state index is 11.8. The Labute approximate surface area is 156 Å². The number of halogens is 1. The van der Waals surface area contributed by atoms with Crippen molar-refractivity contribution in [2.24, 2.45) is 0 Å². The zero-order valence-corrected chi connectivity index (χ0v) is 15.3. The first-order chi connectivity index (χ1) is 12.3. The van der Waals surface area contributed by atoms with Crippen molar-refractivity contribution in [3.63, 3.8) is 0 Å². The molecular weight excluding hydrogens is 378 g/mol. The molecule has 26 heavy (non-hydrogen) atoms. The highest BCUT2D eigenvalue weighted by molar-refractivity contribution is 7.89. The minimum Gasteiger partial charge on any atom is -0.268 e. The third kappa shape index (κ3) is 5.41. The Bertz CT molecular complexity index is 923. The average molecular weight is 394 g/mol. The summed E-state index contributed by atoms with van der Waals surface area (Å²) in [5, 5.41) is 0.502. The van der Waals surface area contributed by atoms with E-state index >= 15 is 0 Å². The number of carbonyl (C=O) groups is 2. The molecule has 2 rings (SSSR count). The summed E-state index contributed by atoms with van der Waals surface area (Å²) in [6.07, 6.45) is 2.70. The zero-order chi connectivity index (χ0) is 19.2. The van der Waals surface area contributed by atoms with Crippen molar-refractivity contribution in [3.8, 4) is 0 Å². The van der Waals surface area contributed by atoms with Gasteiger partial charge in [0.1, 0.15) is 0 Å². The number of rotatable bonds is 5. The SMILES string of the molecule is CNS(=O)(=O)c1ccc(/C=C/C(=O)NNC(=O)c2ccc(Cl)cc2)cc1. The first kappa shape index (κ1) is 19.6. The number of sulfonamides is 1. The van der Waals surface area contributed by atoms with Crippen molar-refractivity contribution < 1.29 is 18.0 Å². The number of amides is 2. The first-order valence-corrected chi connectivity index (χ1v) is 9.25. The molecule has 0 atom stereocenters. The lowest BCUT2D eigenvalue weighted by atomic mass is 10.2. The van der Waals surface area contributed by atoms with E-state index in [0.29, 0.717) is 16.1 Å². The molecule has 0 saturated heterocycles. The van der Waals surface area contributed by atoms with Gasteiger partial charge in [0.2, 0.25) is 10.0 Å². The van der Waals surface area contributed by atoms with Crippen molar-refractivity contribution >= 4 is 39.5 Å². The van der Waals surface area contributed by atoms with E-state index in [1.807, 2.05) is 0 Å². The molecule has 9 heteroatoms. The van der Waals surface area contributed by atoms with Gasteiger partial charge in [-0.2, -0.15) is 0 Å². The van der Waals surface area contributed by atoms with Crippen LogP contribution in [0.3, 0.4) is 0 Å². The molecule has 0 unspecified atom stereocenters. The summed E-state index contributed by atoms with van der Waals surface area (Å²) in [4.78, 5) is 23.7. The van der Waals surface area contributed by atoms with Crippen LogP contribution in [0, 0.1) is 0 Å². The molecule has 3 N–H and O–H groups in total. The second-order valence-electron chi connectivity index (χ2n) is 5.06. The van der Waals surface area contributed by atoms with Crippen LogP contribution in [0.1, 0.15) is 15.9 Å². The van der Waals surface area contributed by atoms with Gasteiger partial charge in [-0.15, -0.1) is 0 Å². The van der Waals surface area contributed by atoms with E-state index in [4.69, 9.17) is 11.6 Å². The van der Waals surface area contributed by atoms with Crippen LogP contribution >= 0.6 is 11.6 Å². The van der Waals surface area contributed by atoms with E-state index in [-0.39, 0.29) is 4.90 Å².